The number of allylic oxidation sites excluding steroid dienone is 1. The monoisotopic (exact) mass is 225 g/mol. The summed E-state index contributed by atoms with van der Waals surface area (Å²) >= 11 is 0. The molecule has 1 rings (SSSR count). The van der Waals surface area contributed by atoms with Gasteiger partial charge in [-0.3, -0.25) is 4.79 Å². The van der Waals surface area contributed by atoms with Crippen molar-refractivity contribution >= 4 is 12.4 Å². The molecule has 0 atom stereocenters. The molecule has 1 fully saturated rings. The molecule has 5 heteroatoms. The molecular formula is C11H19N3O2. The van der Waals surface area contributed by atoms with Crippen LogP contribution in [-0.2, 0) is 4.79 Å². The van der Waals surface area contributed by atoms with Crippen molar-refractivity contribution in [1.82, 2.24) is 16.0 Å². The van der Waals surface area contributed by atoms with Gasteiger partial charge in [-0.15, -0.1) is 0 Å². The van der Waals surface area contributed by atoms with E-state index in [0.717, 1.165) is 19.3 Å². The third-order valence-corrected chi connectivity index (χ3v) is 2.52. The van der Waals surface area contributed by atoms with Gasteiger partial charge in [0, 0.05) is 19.3 Å². The van der Waals surface area contributed by atoms with Crippen molar-refractivity contribution in [2.75, 3.05) is 13.1 Å². The molecule has 1 saturated carbocycles. The maximum absolute atomic E-state index is 11.3. The Morgan fingerprint density at radius 2 is 2.00 bits per heavy atom. The third kappa shape index (κ3) is 5.38. The first-order chi connectivity index (χ1) is 7.83. The molecule has 1 aliphatic rings. The van der Waals surface area contributed by atoms with Gasteiger partial charge in [0.05, 0.1) is 0 Å². The number of amides is 3. The second-order valence-electron chi connectivity index (χ2n) is 3.84. The predicted octanol–water partition coefficient (Wildman–Crippen LogP) is 0.880. The normalized spacial score (nSPS) is 14.4. The Morgan fingerprint density at radius 3 is 2.69 bits per heavy atom. The smallest absolute Gasteiger partial charge is 0.318 e. The van der Waals surface area contributed by atoms with Crippen molar-refractivity contribution in [1.29, 1.82) is 0 Å². The van der Waals surface area contributed by atoms with Gasteiger partial charge in [-0.25, -0.2) is 4.79 Å². The lowest BCUT2D eigenvalue weighted by molar-refractivity contribution is -0.109. The lowest BCUT2D eigenvalue weighted by Crippen LogP contribution is -2.34. The van der Waals surface area contributed by atoms with E-state index in [0.29, 0.717) is 19.5 Å². The number of nitrogens with one attached hydrogen (secondary N) is 3. The molecule has 0 unspecified atom stereocenters. The second kappa shape index (κ2) is 7.73. The lowest BCUT2D eigenvalue weighted by Gasteiger charge is -2.04. The molecule has 0 aromatic heterocycles. The summed E-state index contributed by atoms with van der Waals surface area (Å²) < 4.78 is 0. The van der Waals surface area contributed by atoms with E-state index in [1.807, 2.05) is 6.20 Å². The lowest BCUT2D eigenvalue weighted by atomic mass is 10.2. The SMILES string of the molecule is O=CNCCCNC(=O)NC=C1CCCC1. The van der Waals surface area contributed by atoms with E-state index in [1.165, 1.54) is 18.4 Å². The average Bonchev–Trinajstić information content (AvgIpc) is 2.79. The van der Waals surface area contributed by atoms with E-state index < -0.39 is 0 Å². The molecule has 0 spiro atoms. The zero-order valence-corrected chi connectivity index (χ0v) is 9.42. The highest BCUT2D eigenvalue weighted by molar-refractivity contribution is 5.74. The maximum atomic E-state index is 11.3. The van der Waals surface area contributed by atoms with Crippen LogP contribution >= 0.6 is 0 Å². The molecule has 0 bridgehead atoms. The van der Waals surface area contributed by atoms with Crippen molar-refractivity contribution in [3.05, 3.63) is 11.8 Å². The van der Waals surface area contributed by atoms with Gasteiger partial charge in [-0.2, -0.15) is 0 Å². The Balaban J connectivity index is 2.02. The van der Waals surface area contributed by atoms with Crippen molar-refractivity contribution in [2.45, 2.75) is 32.1 Å². The quantitative estimate of drug-likeness (QED) is 0.464. The molecule has 3 amide bonds. The van der Waals surface area contributed by atoms with Crippen LogP contribution in [0.1, 0.15) is 32.1 Å². The van der Waals surface area contributed by atoms with E-state index in [9.17, 15) is 9.59 Å². The van der Waals surface area contributed by atoms with Crippen molar-refractivity contribution < 1.29 is 9.59 Å². The largest absolute Gasteiger partial charge is 0.359 e. The zero-order chi connectivity index (χ0) is 11.6. The van der Waals surface area contributed by atoms with Crippen molar-refractivity contribution in [3.63, 3.8) is 0 Å². The van der Waals surface area contributed by atoms with Crippen LogP contribution in [0.2, 0.25) is 0 Å². The molecule has 3 N–H and O–H groups in total. The second-order valence-corrected chi connectivity index (χ2v) is 3.84. The summed E-state index contributed by atoms with van der Waals surface area (Å²) in [7, 11) is 0. The minimum Gasteiger partial charge on any atom is -0.359 e. The number of hydrogen-bond donors (Lipinski definition) is 3. The van der Waals surface area contributed by atoms with Gasteiger partial charge in [-0.1, -0.05) is 5.57 Å². The highest BCUT2D eigenvalue weighted by atomic mass is 16.2. The summed E-state index contributed by atoms with van der Waals surface area (Å²) in [5, 5.41) is 7.96. The number of carbonyl (C=O) groups is 2. The number of urea groups is 1. The summed E-state index contributed by atoms with van der Waals surface area (Å²) in [6.07, 6.45) is 7.87. The fraction of sp³-hybridized carbons (Fsp3) is 0.636. The predicted molar refractivity (Wildman–Crippen MR) is 61.8 cm³/mol. The number of rotatable bonds is 6. The Kier molecular flexibility index (Phi) is 6.06. The molecule has 16 heavy (non-hydrogen) atoms. The molecule has 0 aliphatic heterocycles. The summed E-state index contributed by atoms with van der Waals surface area (Å²) in [6.45, 7) is 1.15. The molecule has 0 aromatic rings. The van der Waals surface area contributed by atoms with Gasteiger partial charge in [0.1, 0.15) is 0 Å². The Hall–Kier alpha value is -1.52. The van der Waals surface area contributed by atoms with Crippen LogP contribution in [-0.4, -0.2) is 25.5 Å². The minimum absolute atomic E-state index is 0.175. The molecule has 1 aliphatic carbocycles. The number of hydrogen-bond acceptors (Lipinski definition) is 2. The van der Waals surface area contributed by atoms with Crippen LogP contribution in [0, 0.1) is 0 Å². The summed E-state index contributed by atoms with van der Waals surface area (Å²) in [5.74, 6) is 0. The fourth-order valence-corrected chi connectivity index (χ4v) is 1.64. The van der Waals surface area contributed by atoms with Crippen LogP contribution in [0.3, 0.4) is 0 Å². The maximum Gasteiger partial charge on any atom is 0.318 e. The van der Waals surface area contributed by atoms with E-state index >= 15 is 0 Å². The van der Waals surface area contributed by atoms with Crippen molar-refractivity contribution in [3.8, 4) is 0 Å². The van der Waals surface area contributed by atoms with Gasteiger partial charge in [-0.05, 0) is 32.1 Å². The highest BCUT2D eigenvalue weighted by Gasteiger charge is 2.06. The van der Waals surface area contributed by atoms with E-state index in [1.54, 1.807) is 0 Å². The summed E-state index contributed by atoms with van der Waals surface area (Å²) in [6, 6.07) is -0.175. The van der Waals surface area contributed by atoms with Gasteiger partial charge in [0.15, 0.2) is 0 Å². The van der Waals surface area contributed by atoms with Crippen LogP contribution in [0.15, 0.2) is 11.8 Å². The van der Waals surface area contributed by atoms with E-state index in [2.05, 4.69) is 16.0 Å². The Bertz CT molecular complexity index is 256. The Labute approximate surface area is 95.7 Å². The topological polar surface area (TPSA) is 70.2 Å². The molecular weight excluding hydrogens is 206 g/mol. The molecule has 90 valence electrons. The first kappa shape index (κ1) is 12.5. The van der Waals surface area contributed by atoms with Crippen molar-refractivity contribution in [2.24, 2.45) is 0 Å². The zero-order valence-electron chi connectivity index (χ0n) is 9.42. The van der Waals surface area contributed by atoms with Gasteiger partial charge < -0.3 is 16.0 Å². The fourth-order valence-electron chi connectivity index (χ4n) is 1.64. The average molecular weight is 225 g/mol. The molecule has 0 aromatic carbocycles. The van der Waals surface area contributed by atoms with Crippen LogP contribution in [0.5, 0.6) is 0 Å². The first-order valence-corrected chi connectivity index (χ1v) is 5.72. The summed E-state index contributed by atoms with van der Waals surface area (Å²) in [4.78, 5) is 21.2. The minimum atomic E-state index is -0.175. The standard InChI is InChI=1S/C11H19N3O2/c15-9-12-6-3-7-13-11(16)14-8-10-4-1-2-5-10/h8-9H,1-7H2,(H,12,15)(H2,13,14,16). The van der Waals surface area contributed by atoms with Gasteiger partial charge >= 0.3 is 6.03 Å². The molecule has 0 radical (unpaired) electrons. The highest BCUT2D eigenvalue weighted by Crippen LogP contribution is 2.22. The molecule has 5 nitrogen and oxygen atoms in total. The van der Waals surface area contributed by atoms with Crippen LogP contribution < -0.4 is 16.0 Å². The Morgan fingerprint density at radius 1 is 1.25 bits per heavy atom. The number of carbonyl (C=O) groups excluding carboxylic acids is 2. The third-order valence-electron chi connectivity index (χ3n) is 2.52. The first-order valence-electron chi connectivity index (χ1n) is 5.72. The van der Waals surface area contributed by atoms with E-state index in [-0.39, 0.29) is 6.03 Å². The van der Waals surface area contributed by atoms with Gasteiger partial charge in [0.2, 0.25) is 6.41 Å². The molecule has 0 heterocycles. The van der Waals surface area contributed by atoms with E-state index in [4.69, 9.17) is 0 Å². The van der Waals surface area contributed by atoms with Crippen LogP contribution in [0.25, 0.3) is 0 Å². The summed E-state index contributed by atoms with van der Waals surface area (Å²) in [5.41, 5.74) is 1.32. The molecule has 0 saturated heterocycles. The van der Waals surface area contributed by atoms with Gasteiger partial charge in [0.25, 0.3) is 0 Å². The van der Waals surface area contributed by atoms with Crippen LogP contribution in [0.4, 0.5) is 4.79 Å².